The summed E-state index contributed by atoms with van der Waals surface area (Å²) in [4.78, 5) is 38.2. The van der Waals surface area contributed by atoms with Gasteiger partial charge in [0.2, 0.25) is 0 Å². The zero-order chi connectivity index (χ0) is 50.7. The molecule has 0 heterocycles. The standard InChI is InChI=1S/C64H112O6/c1-4-7-10-13-16-19-22-25-28-30-31-32-33-34-37-39-42-45-48-51-54-57-63(66)69-60-61(59-68-62(65)56-53-50-47-44-41-38-35-27-24-21-18-15-12-9-6-3)70-64(67)58-55-52-49-46-43-40-36-29-26-23-20-17-14-11-8-5-2/h9,12,18,21-22,25,27,30-31,35,41,44,61H,4-8,10-11,13-17,19-20,23-24,26,28-29,32-34,36-40,42-43,45-60H2,1-3H3/b12-9-,21-18-,25-22-,31-30-,35-27-,44-41-. The molecule has 0 N–H and O–H groups in total. The molecule has 0 spiro atoms. The average Bonchev–Trinajstić information content (AvgIpc) is 3.36. The van der Waals surface area contributed by atoms with E-state index in [9.17, 15) is 14.4 Å². The summed E-state index contributed by atoms with van der Waals surface area (Å²) in [6.45, 7) is 6.51. The van der Waals surface area contributed by atoms with Crippen molar-refractivity contribution in [2.45, 2.75) is 303 Å². The Bertz CT molecular complexity index is 1310. The average molecular weight is 978 g/mol. The molecule has 1 unspecified atom stereocenters. The van der Waals surface area contributed by atoms with Crippen molar-refractivity contribution in [3.63, 3.8) is 0 Å². The second-order valence-electron chi connectivity index (χ2n) is 19.9. The fourth-order valence-electron chi connectivity index (χ4n) is 8.47. The van der Waals surface area contributed by atoms with Crippen molar-refractivity contribution in [2.75, 3.05) is 13.2 Å². The minimum atomic E-state index is -0.793. The van der Waals surface area contributed by atoms with Gasteiger partial charge in [0.25, 0.3) is 0 Å². The summed E-state index contributed by atoms with van der Waals surface area (Å²) in [6.07, 6.45) is 74.7. The molecular weight excluding hydrogens is 865 g/mol. The highest BCUT2D eigenvalue weighted by molar-refractivity contribution is 5.71. The molecule has 0 saturated heterocycles. The van der Waals surface area contributed by atoms with E-state index >= 15 is 0 Å². The van der Waals surface area contributed by atoms with E-state index in [1.165, 1.54) is 167 Å². The van der Waals surface area contributed by atoms with Gasteiger partial charge in [-0.2, -0.15) is 0 Å². The first-order valence-corrected chi connectivity index (χ1v) is 29.9. The third-order valence-corrected chi connectivity index (χ3v) is 12.9. The van der Waals surface area contributed by atoms with E-state index in [0.717, 1.165) is 89.9 Å². The van der Waals surface area contributed by atoms with E-state index in [1.54, 1.807) is 0 Å². The fourth-order valence-corrected chi connectivity index (χ4v) is 8.47. The largest absolute Gasteiger partial charge is 0.462 e. The van der Waals surface area contributed by atoms with Crippen molar-refractivity contribution < 1.29 is 28.6 Å². The number of esters is 3. The molecule has 0 amide bonds. The Hall–Kier alpha value is -3.15. The topological polar surface area (TPSA) is 78.9 Å². The van der Waals surface area contributed by atoms with Crippen LogP contribution in [0, 0.1) is 0 Å². The van der Waals surface area contributed by atoms with Gasteiger partial charge in [-0.25, -0.2) is 0 Å². The number of hydrogen-bond donors (Lipinski definition) is 0. The quantitative estimate of drug-likeness (QED) is 0.0261. The maximum atomic E-state index is 12.9. The number of allylic oxidation sites excluding steroid dienone is 12. The van der Waals surface area contributed by atoms with E-state index in [2.05, 4.69) is 93.7 Å². The third kappa shape index (κ3) is 55.8. The van der Waals surface area contributed by atoms with Crippen LogP contribution in [0.2, 0.25) is 0 Å². The van der Waals surface area contributed by atoms with E-state index < -0.39 is 6.10 Å². The summed E-state index contributed by atoms with van der Waals surface area (Å²) in [5, 5.41) is 0. The molecule has 0 fully saturated rings. The van der Waals surface area contributed by atoms with E-state index in [-0.39, 0.29) is 31.1 Å². The van der Waals surface area contributed by atoms with Crippen LogP contribution in [0.4, 0.5) is 0 Å². The summed E-state index contributed by atoms with van der Waals surface area (Å²) in [5.74, 6) is -0.923. The van der Waals surface area contributed by atoms with E-state index in [0.29, 0.717) is 19.3 Å². The summed E-state index contributed by atoms with van der Waals surface area (Å²) in [5.41, 5.74) is 0. The van der Waals surface area contributed by atoms with Gasteiger partial charge >= 0.3 is 17.9 Å². The Morgan fingerprint density at radius 1 is 0.300 bits per heavy atom. The van der Waals surface area contributed by atoms with E-state index in [1.807, 2.05) is 0 Å². The summed E-state index contributed by atoms with van der Waals surface area (Å²) in [6, 6.07) is 0. The van der Waals surface area contributed by atoms with Crippen molar-refractivity contribution in [3.05, 3.63) is 72.9 Å². The SMILES string of the molecule is CC/C=C\C/C=C\C/C=C\C/C=C\CCCCC(=O)OCC(COC(=O)CCCCCCCCCCC/C=C\C/C=C\CCCCCCC)OC(=O)CCCCCCCCCCCCCCCCCC. The normalized spacial score (nSPS) is 12.6. The van der Waals surface area contributed by atoms with E-state index in [4.69, 9.17) is 14.2 Å². The first-order valence-electron chi connectivity index (χ1n) is 29.9. The molecule has 1 atom stereocenters. The maximum absolute atomic E-state index is 12.9. The van der Waals surface area contributed by atoms with Crippen LogP contribution < -0.4 is 0 Å². The monoisotopic (exact) mass is 977 g/mol. The lowest BCUT2D eigenvalue weighted by Crippen LogP contribution is -2.30. The van der Waals surface area contributed by atoms with Crippen LogP contribution in [0.15, 0.2) is 72.9 Å². The zero-order valence-corrected chi connectivity index (χ0v) is 46.3. The number of carbonyl (C=O) groups excluding carboxylic acids is 3. The smallest absolute Gasteiger partial charge is 0.306 e. The molecule has 6 nitrogen and oxygen atoms in total. The number of unbranched alkanes of at least 4 members (excludes halogenated alkanes) is 31. The first-order chi connectivity index (χ1) is 34.5. The highest BCUT2D eigenvalue weighted by atomic mass is 16.6. The molecule has 0 rings (SSSR count). The number of rotatable bonds is 54. The van der Waals surface area contributed by atoms with Crippen LogP contribution in [0.3, 0.4) is 0 Å². The molecule has 0 aromatic carbocycles. The summed E-state index contributed by atoms with van der Waals surface area (Å²) >= 11 is 0. The predicted molar refractivity (Wildman–Crippen MR) is 302 cm³/mol. The minimum absolute atomic E-state index is 0.0886. The van der Waals surface area contributed by atoms with Gasteiger partial charge in [-0.3, -0.25) is 14.4 Å². The van der Waals surface area contributed by atoms with Crippen LogP contribution in [-0.2, 0) is 28.6 Å². The Balaban J connectivity index is 4.39. The first kappa shape index (κ1) is 66.9. The Morgan fingerprint density at radius 3 is 0.900 bits per heavy atom. The lowest BCUT2D eigenvalue weighted by molar-refractivity contribution is -0.167. The van der Waals surface area contributed by atoms with Gasteiger partial charge in [-0.05, 0) is 89.9 Å². The van der Waals surface area contributed by atoms with Crippen molar-refractivity contribution in [3.8, 4) is 0 Å². The van der Waals surface area contributed by atoms with Crippen LogP contribution in [0.5, 0.6) is 0 Å². The molecule has 0 aromatic rings. The predicted octanol–water partition coefficient (Wildman–Crippen LogP) is 20.2. The van der Waals surface area contributed by atoms with Crippen molar-refractivity contribution in [2.24, 2.45) is 0 Å². The maximum Gasteiger partial charge on any atom is 0.306 e. The van der Waals surface area contributed by atoms with Crippen molar-refractivity contribution in [1.82, 2.24) is 0 Å². The molecular formula is C64H112O6. The number of hydrogen-bond acceptors (Lipinski definition) is 6. The molecule has 0 aliphatic heterocycles. The number of ether oxygens (including phenoxy) is 3. The van der Waals surface area contributed by atoms with Crippen LogP contribution in [0.25, 0.3) is 0 Å². The zero-order valence-electron chi connectivity index (χ0n) is 46.3. The van der Waals surface area contributed by atoms with Gasteiger partial charge in [0.1, 0.15) is 13.2 Å². The Morgan fingerprint density at radius 2 is 0.557 bits per heavy atom. The Kier molecular flexibility index (Phi) is 55.8. The van der Waals surface area contributed by atoms with Crippen molar-refractivity contribution >= 4 is 17.9 Å². The van der Waals surface area contributed by atoms with Crippen LogP contribution >= 0.6 is 0 Å². The van der Waals surface area contributed by atoms with Gasteiger partial charge < -0.3 is 14.2 Å². The van der Waals surface area contributed by atoms with Gasteiger partial charge in [-0.15, -0.1) is 0 Å². The minimum Gasteiger partial charge on any atom is -0.462 e. The highest BCUT2D eigenvalue weighted by Crippen LogP contribution is 2.16. The molecule has 0 saturated carbocycles. The lowest BCUT2D eigenvalue weighted by Gasteiger charge is -2.18. The fraction of sp³-hybridized carbons (Fsp3) is 0.766. The van der Waals surface area contributed by atoms with Crippen molar-refractivity contribution in [1.29, 1.82) is 0 Å². The number of carbonyl (C=O) groups is 3. The van der Waals surface area contributed by atoms with Crippen LogP contribution in [-0.4, -0.2) is 37.2 Å². The van der Waals surface area contributed by atoms with Gasteiger partial charge in [-0.1, -0.05) is 261 Å². The molecule has 0 radical (unpaired) electrons. The molecule has 70 heavy (non-hydrogen) atoms. The second kappa shape index (κ2) is 58.4. The molecule has 0 aromatic heterocycles. The van der Waals surface area contributed by atoms with Gasteiger partial charge in [0.15, 0.2) is 6.10 Å². The highest BCUT2D eigenvalue weighted by Gasteiger charge is 2.19. The Labute approximate surface area is 433 Å². The summed E-state index contributed by atoms with van der Waals surface area (Å²) < 4.78 is 16.9. The third-order valence-electron chi connectivity index (χ3n) is 12.9. The molecule has 6 heteroatoms. The van der Waals surface area contributed by atoms with Crippen LogP contribution in [0.1, 0.15) is 297 Å². The van der Waals surface area contributed by atoms with Gasteiger partial charge in [0, 0.05) is 19.3 Å². The van der Waals surface area contributed by atoms with Gasteiger partial charge in [0.05, 0.1) is 0 Å². The lowest BCUT2D eigenvalue weighted by atomic mass is 10.0. The molecule has 0 aliphatic carbocycles. The second-order valence-corrected chi connectivity index (χ2v) is 19.9. The molecule has 404 valence electrons. The summed E-state index contributed by atoms with van der Waals surface area (Å²) in [7, 11) is 0. The molecule has 0 aliphatic rings. The molecule has 0 bridgehead atoms.